The summed E-state index contributed by atoms with van der Waals surface area (Å²) >= 11 is 0. The van der Waals surface area contributed by atoms with Crippen molar-refractivity contribution in [1.29, 1.82) is 0 Å². The number of aromatic nitrogens is 1. The lowest BCUT2D eigenvalue weighted by Crippen LogP contribution is -2.06. The molecule has 3 aromatic carbocycles. The number of carbonyl (C=O) groups excluding carboxylic acids is 1. The third-order valence-electron chi connectivity index (χ3n) is 7.82. The van der Waals surface area contributed by atoms with E-state index in [0.717, 1.165) is 23.4 Å². The SMILES string of the molecule is C=CC(=O)Cn1c2ccccc2c2ccc(C=CCCCCC)cc21.C=Cc1ccccc1C(CCC)CCCC. The van der Waals surface area contributed by atoms with Crippen molar-refractivity contribution in [3.63, 3.8) is 0 Å². The summed E-state index contributed by atoms with van der Waals surface area (Å²) in [5.41, 5.74) is 6.19. The minimum Gasteiger partial charge on any atom is -0.333 e. The molecule has 1 aromatic heterocycles. The first-order valence-electron chi connectivity index (χ1n) is 15.6. The Morgan fingerprint density at radius 2 is 1.54 bits per heavy atom. The summed E-state index contributed by atoms with van der Waals surface area (Å²) in [4.78, 5) is 12.0. The number of fused-ring (bicyclic) bond motifs is 3. The van der Waals surface area contributed by atoms with E-state index in [1.54, 1.807) is 0 Å². The Labute approximate surface area is 248 Å². The molecule has 0 saturated carbocycles. The highest BCUT2D eigenvalue weighted by Crippen LogP contribution is 2.31. The maximum atomic E-state index is 12.0. The maximum Gasteiger partial charge on any atom is 0.174 e. The fourth-order valence-electron chi connectivity index (χ4n) is 5.62. The molecular weight excluding hydrogens is 498 g/mol. The van der Waals surface area contributed by atoms with Gasteiger partial charge in [0, 0.05) is 16.3 Å². The van der Waals surface area contributed by atoms with Crippen molar-refractivity contribution in [1.82, 2.24) is 4.57 Å². The molecule has 0 aliphatic heterocycles. The van der Waals surface area contributed by atoms with Crippen LogP contribution in [0.5, 0.6) is 0 Å². The fourth-order valence-corrected chi connectivity index (χ4v) is 5.62. The van der Waals surface area contributed by atoms with E-state index in [4.69, 9.17) is 0 Å². The van der Waals surface area contributed by atoms with Crippen molar-refractivity contribution in [3.05, 3.63) is 109 Å². The van der Waals surface area contributed by atoms with E-state index < -0.39 is 0 Å². The van der Waals surface area contributed by atoms with Crippen molar-refractivity contribution in [2.45, 2.75) is 91.0 Å². The summed E-state index contributed by atoms with van der Waals surface area (Å²) in [5.74, 6) is 0.752. The maximum absolute atomic E-state index is 12.0. The van der Waals surface area contributed by atoms with Crippen molar-refractivity contribution in [2.24, 2.45) is 0 Å². The minimum atomic E-state index is 0.0307. The van der Waals surface area contributed by atoms with Crippen LogP contribution in [-0.4, -0.2) is 10.4 Å². The van der Waals surface area contributed by atoms with Crippen LogP contribution in [0.15, 0.2) is 92.0 Å². The number of ketones is 1. The number of hydrogen-bond acceptors (Lipinski definition) is 1. The molecule has 2 heteroatoms. The topological polar surface area (TPSA) is 22.0 Å². The van der Waals surface area contributed by atoms with E-state index in [-0.39, 0.29) is 5.78 Å². The van der Waals surface area contributed by atoms with E-state index in [9.17, 15) is 4.79 Å². The number of rotatable bonds is 15. The van der Waals surface area contributed by atoms with Gasteiger partial charge in [0.2, 0.25) is 0 Å². The van der Waals surface area contributed by atoms with Crippen LogP contribution >= 0.6 is 0 Å². The highest BCUT2D eigenvalue weighted by Gasteiger charge is 2.13. The summed E-state index contributed by atoms with van der Waals surface area (Å²) in [7, 11) is 0. The second kappa shape index (κ2) is 17.2. The largest absolute Gasteiger partial charge is 0.333 e. The second-order valence-corrected chi connectivity index (χ2v) is 10.9. The van der Waals surface area contributed by atoms with E-state index in [0.29, 0.717) is 6.54 Å². The lowest BCUT2D eigenvalue weighted by Gasteiger charge is -2.18. The van der Waals surface area contributed by atoms with Crippen LogP contribution < -0.4 is 0 Å². The zero-order chi connectivity index (χ0) is 29.5. The lowest BCUT2D eigenvalue weighted by molar-refractivity contribution is -0.115. The molecular formula is C39H49NO. The van der Waals surface area contributed by atoms with E-state index in [1.807, 2.05) is 18.2 Å². The highest BCUT2D eigenvalue weighted by molar-refractivity contribution is 6.09. The molecule has 0 aliphatic rings. The van der Waals surface area contributed by atoms with E-state index in [2.05, 4.69) is 105 Å². The Bertz CT molecular complexity index is 1440. The number of para-hydroxylation sites is 1. The standard InChI is InChI=1S/C23H25NO.C16H24/c1-3-5-6-7-8-11-18-14-15-21-20-12-9-10-13-22(20)24(23(21)16-18)17-19(25)4-2;1-4-7-11-15(10-5-2)16-13-9-8-12-14(16)6-3/h4,8-16H,2-3,5-7,17H2,1H3;6,8-9,12-13,15H,3-5,7,10-11H2,1-2H3. The molecule has 1 heterocycles. The molecule has 0 saturated heterocycles. The van der Waals surface area contributed by atoms with Crippen LogP contribution in [0.2, 0.25) is 0 Å². The van der Waals surface area contributed by atoms with Crippen molar-refractivity contribution in [3.8, 4) is 0 Å². The van der Waals surface area contributed by atoms with Gasteiger partial charge in [0.25, 0.3) is 0 Å². The van der Waals surface area contributed by atoms with Crippen LogP contribution in [0.25, 0.3) is 34.0 Å². The first-order chi connectivity index (χ1) is 20.1. The van der Waals surface area contributed by atoms with Crippen LogP contribution in [0.3, 0.4) is 0 Å². The van der Waals surface area contributed by atoms with Gasteiger partial charge in [-0.3, -0.25) is 4.79 Å². The molecule has 0 bridgehead atoms. The molecule has 4 rings (SSSR count). The summed E-state index contributed by atoms with van der Waals surface area (Å²) in [6.07, 6.45) is 19.2. The molecule has 41 heavy (non-hydrogen) atoms. The monoisotopic (exact) mass is 547 g/mol. The van der Waals surface area contributed by atoms with E-state index in [1.165, 1.54) is 84.9 Å². The predicted octanol–water partition coefficient (Wildman–Crippen LogP) is 11.5. The summed E-state index contributed by atoms with van der Waals surface area (Å²) < 4.78 is 2.10. The molecule has 4 aromatic rings. The predicted molar refractivity (Wildman–Crippen MR) is 182 cm³/mol. The number of unbranched alkanes of at least 4 members (excludes halogenated alkanes) is 4. The number of hydrogen-bond donors (Lipinski definition) is 0. The molecule has 216 valence electrons. The van der Waals surface area contributed by atoms with Crippen molar-refractivity contribution < 1.29 is 4.79 Å². The Hall–Kier alpha value is -3.65. The van der Waals surface area contributed by atoms with Crippen LogP contribution in [0, 0.1) is 0 Å². The van der Waals surface area contributed by atoms with Gasteiger partial charge in [-0.25, -0.2) is 0 Å². The van der Waals surface area contributed by atoms with Crippen LogP contribution in [0.1, 0.15) is 101 Å². The van der Waals surface area contributed by atoms with Crippen molar-refractivity contribution in [2.75, 3.05) is 0 Å². The first-order valence-corrected chi connectivity index (χ1v) is 15.6. The van der Waals surface area contributed by atoms with Gasteiger partial charge < -0.3 is 4.57 Å². The van der Waals surface area contributed by atoms with Gasteiger partial charge in [0.15, 0.2) is 5.78 Å². The molecule has 1 atom stereocenters. The van der Waals surface area contributed by atoms with Crippen LogP contribution in [-0.2, 0) is 11.3 Å². The van der Waals surface area contributed by atoms with Crippen molar-refractivity contribution >= 4 is 39.7 Å². The zero-order valence-corrected chi connectivity index (χ0v) is 25.6. The summed E-state index contributed by atoms with van der Waals surface area (Å²) in [6, 6.07) is 23.5. The average molecular weight is 548 g/mol. The number of carbonyl (C=O) groups is 1. The zero-order valence-electron chi connectivity index (χ0n) is 25.6. The molecule has 1 unspecified atom stereocenters. The lowest BCUT2D eigenvalue weighted by atomic mass is 9.87. The Morgan fingerprint density at radius 3 is 2.27 bits per heavy atom. The first kappa shape index (κ1) is 31.9. The normalized spacial score (nSPS) is 11.9. The third kappa shape index (κ3) is 8.92. The van der Waals surface area contributed by atoms with Gasteiger partial charge in [-0.2, -0.15) is 0 Å². The minimum absolute atomic E-state index is 0.0307. The molecule has 2 nitrogen and oxygen atoms in total. The highest BCUT2D eigenvalue weighted by atomic mass is 16.1. The Balaban J connectivity index is 0.000000250. The number of nitrogens with zero attached hydrogens (tertiary/aromatic N) is 1. The molecule has 0 aliphatic carbocycles. The molecule has 0 amide bonds. The summed E-state index contributed by atoms with van der Waals surface area (Å²) in [6.45, 7) is 14.6. The smallest absolute Gasteiger partial charge is 0.174 e. The average Bonchev–Trinajstić information content (AvgIpc) is 3.32. The third-order valence-corrected chi connectivity index (χ3v) is 7.82. The van der Waals surface area contributed by atoms with Gasteiger partial charge in [-0.05, 0) is 66.5 Å². The Kier molecular flexibility index (Phi) is 13.4. The second-order valence-electron chi connectivity index (χ2n) is 10.9. The van der Waals surface area contributed by atoms with Gasteiger partial charge >= 0.3 is 0 Å². The fraction of sp³-hybridized carbons (Fsp3) is 0.359. The number of benzene rings is 3. The molecule has 0 spiro atoms. The quantitative estimate of drug-likeness (QED) is 0.107. The number of allylic oxidation sites excluding steroid dienone is 2. The van der Waals surface area contributed by atoms with Gasteiger partial charge in [-0.15, -0.1) is 0 Å². The van der Waals surface area contributed by atoms with E-state index >= 15 is 0 Å². The molecule has 0 radical (unpaired) electrons. The van der Waals surface area contributed by atoms with Gasteiger partial charge in [0.05, 0.1) is 12.1 Å². The molecule has 0 N–H and O–H groups in total. The van der Waals surface area contributed by atoms with Gasteiger partial charge in [0.1, 0.15) is 0 Å². The Morgan fingerprint density at radius 1 is 0.805 bits per heavy atom. The summed E-state index contributed by atoms with van der Waals surface area (Å²) in [5, 5.41) is 2.38. The van der Waals surface area contributed by atoms with Gasteiger partial charge in [-0.1, -0.05) is 139 Å². The molecule has 0 fully saturated rings. The van der Waals surface area contributed by atoms with Crippen LogP contribution in [0.4, 0.5) is 0 Å².